The molecule has 1 aromatic heterocycles. The molecule has 2 unspecified atom stereocenters. The summed E-state index contributed by atoms with van der Waals surface area (Å²) >= 11 is 0. The molecule has 0 spiro atoms. The van der Waals surface area contributed by atoms with Crippen LogP contribution in [0.3, 0.4) is 0 Å². The van der Waals surface area contributed by atoms with E-state index < -0.39 is 0 Å². The SMILES string of the molecule is CC1(C)c2ccccc2-c2ccc(N(c3ccc(-c4ccccc4)cc3)c3ccc(-c4ccc5c(c4)c4cc(COC6Cc7ccccc76)ccc4n5-c4ccc(COC5Cc6ccccc65)cc4)cc3)cc21. The molecule has 0 saturated heterocycles. The van der Waals surface area contributed by atoms with E-state index >= 15 is 0 Å². The number of hydrogen-bond donors (Lipinski definition) is 0. The van der Waals surface area contributed by atoms with Crippen LogP contribution in [0.4, 0.5) is 17.1 Å². The lowest BCUT2D eigenvalue weighted by Crippen LogP contribution is -2.19. The third-order valence-electron chi connectivity index (χ3n) is 16.1. The minimum atomic E-state index is -0.117. The molecule has 352 valence electrons. The molecule has 2 atom stereocenters. The number of hydrogen-bond acceptors (Lipinski definition) is 3. The molecule has 73 heavy (non-hydrogen) atoms. The fourth-order valence-corrected chi connectivity index (χ4v) is 12.0. The molecule has 1 heterocycles. The van der Waals surface area contributed by atoms with Gasteiger partial charge in [0.1, 0.15) is 0 Å². The van der Waals surface area contributed by atoms with Crippen molar-refractivity contribution >= 4 is 38.9 Å². The summed E-state index contributed by atoms with van der Waals surface area (Å²) in [5, 5.41) is 2.43. The van der Waals surface area contributed by atoms with Gasteiger partial charge in [0.05, 0.1) is 36.5 Å². The van der Waals surface area contributed by atoms with E-state index in [4.69, 9.17) is 9.47 Å². The molecule has 0 radical (unpaired) electrons. The average molecular weight is 943 g/mol. The number of fused-ring (bicyclic) bond motifs is 8. The zero-order valence-electron chi connectivity index (χ0n) is 41.1. The van der Waals surface area contributed by atoms with Gasteiger partial charge in [0.25, 0.3) is 0 Å². The van der Waals surface area contributed by atoms with Gasteiger partial charge in [-0.15, -0.1) is 0 Å². The Morgan fingerprint density at radius 3 is 1.60 bits per heavy atom. The third kappa shape index (κ3) is 7.52. The summed E-state index contributed by atoms with van der Waals surface area (Å²) in [4.78, 5) is 2.41. The van der Waals surface area contributed by atoms with Crippen LogP contribution in [0.2, 0.25) is 0 Å². The Kier molecular flexibility index (Phi) is 10.4. The van der Waals surface area contributed by atoms with Gasteiger partial charge in [-0.1, -0.05) is 172 Å². The third-order valence-corrected chi connectivity index (χ3v) is 16.1. The first-order valence-corrected chi connectivity index (χ1v) is 25.8. The summed E-state index contributed by atoms with van der Waals surface area (Å²) < 4.78 is 15.4. The van der Waals surface area contributed by atoms with Gasteiger partial charge in [0.15, 0.2) is 0 Å². The quantitative estimate of drug-likeness (QED) is 0.122. The van der Waals surface area contributed by atoms with Gasteiger partial charge in [-0.05, 0) is 151 Å². The molecule has 3 aliphatic rings. The van der Waals surface area contributed by atoms with E-state index in [1.807, 2.05) is 0 Å². The van der Waals surface area contributed by atoms with Crippen molar-refractivity contribution in [3.63, 3.8) is 0 Å². The van der Waals surface area contributed by atoms with Crippen LogP contribution >= 0.6 is 0 Å². The van der Waals surface area contributed by atoms with Gasteiger partial charge < -0.3 is 18.9 Å². The molecule has 10 aromatic carbocycles. The lowest BCUT2D eigenvalue weighted by molar-refractivity contribution is 0.0244. The molecule has 14 rings (SSSR count). The van der Waals surface area contributed by atoms with Gasteiger partial charge >= 0.3 is 0 Å². The summed E-state index contributed by atoms with van der Waals surface area (Å²) in [5.41, 5.74) is 24.6. The van der Waals surface area contributed by atoms with E-state index in [-0.39, 0.29) is 17.6 Å². The average Bonchev–Trinajstić information content (AvgIpc) is 3.87. The maximum Gasteiger partial charge on any atom is 0.0872 e. The first kappa shape index (κ1) is 43.5. The fourth-order valence-electron chi connectivity index (χ4n) is 12.0. The number of benzene rings is 10. The Morgan fingerprint density at radius 2 is 0.932 bits per heavy atom. The molecule has 0 amide bonds. The van der Waals surface area contributed by atoms with Gasteiger partial charge in [-0.2, -0.15) is 0 Å². The maximum atomic E-state index is 6.56. The molecule has 4 nitrogen and oxygen atoms in total. The Hall–Kier alpha value is -8.28. The topological polar surface area (TPSA) is 26.6 Å². The van der Waals surface area contributed by atoms with Gasteiger partial charge in [-0.3, -0.25) is 0 Å². The minimum absolute atomic E-state index is 0.117. The van der Waals surface area contributed by atoms with Gasteiger partial charge in [-0.25, -0.2) is 0 Å². The van der Waals surface area contributed by atoms with Crippen molar-refractivity contribution in [2.24, 2.45) is 0 Å². The predicted molar refractivity (Wildman–Crippen MR) is 299 cm³/mol. The second-order valence-corrected chi connectivity index (χ2v) is 20.7. The second-order valence-electron chi connectivity index (χ2n) is 20.7. The fraction of sp³-hybridized carbons (Fsp3) is 0.130. The van der Waals surface area contributed by atoms with Crippen LogP contribution in [0.1, 0.15) is 70.6 Å². The first-order valence-electron chi connectivity index (χ1n) is 25.8. The highest BCUT2D eigenvalue weighted by molar-refractivity contribution is 6.10. The molecule has 0 fully saturated rings. The smallest absolute Gasteiger partial charge is 0.0872 e. The zero-order chi connectivity index (χ0) is 48.6. The van der Waals surface area contributed by atoms with Crippen molar-refractivity contribution in [1.82, 2.24) is 4.57 Å². The Labute approximate surface area is 427 Å². The molecule has 0 saturated carbocycles. The van der Waals surface area contributed by atoms with Crippen LogP contribution in [0.15, 0.2) is 231 Å². The number of anilines is 3. The minimum Gasteiger partial charge on any atom is -0.368 e. The number of nitrogens with zero attached hydrogens (tertiary/aromatic N) is 2. The standard InChI is InChI=1S/C69H54N2O2/c1-69(2)63-19-11-10-18-59(63)60-35-34-56(42-64(60)69)70(53-30-23-48(24-31-53)47-12-4-3-5-13-47)54-32-25-49(26-33-54)50-27-37-66-62(39-50)61-38-46(44-73-68-41-52-15-7-9-17-58(52)68)22-36-65(61)71(66)55-28-20-45(21-29-55)43-72-67-40-51-14-6-8-16-57(51)67/h3-39,42,67-68H,40-41,43-44H2,1-2H3. The predicted octanol–water partition coefficient (Wildman–Crippen LogP) is 17.5. The molecular weight excluding hydrogens is 889 g/mol. The van der Waals surface area contributed by atoms with Crippen molar-refractivity contribution in [2.45, 2.75) is 57.5 Å². The van der Waals surface area contributed by atoms with E-state index in [0.717, 1.165) is 41.2 Å². The molecule has 0 bridgehead atoms. The van der Waals surface area contributed by atoms with Crippen molar-refractivity contribution in [3.8, 4) is 39.1 Å². The number of ether oxygens (including phenoxy) is 2. The normalized spacial score (nSPS) is 15.8. The largest absolute Gasteiger partial charge is 0.368 e. The van der Waals surface area contributed by atoms with E-state index in [0.29, 0.717) is 13.2 Å². The summed E-state index contributed by atoms with van der Waals surface area (Å²) in [7, 11) is 0. The zero-order valence-corrected chi connectivity index (χ0v) is 41.1. The van der Waals surface area contributed by atoms with Crippen molar-refractivity contribution < 1.29 is 9.47 Å². The van der Waals surface area contributed by atoms with Gasteiger partial charge in [0, 0.05) is 51.8 Å². The lowest BCUT2D eigenvalue weighted by atomic mass is 9.82. The molecular formula is C69H54N2O2. The van der Waals surface area contributed by atoms with Crippen LogP contribution in [0.5, 0.6) is 0 Å². The van der Waals surface area contributed by atoms with Crippen molar-refractivity contribution in [1.29, 1.82) is 0 Å². The molecule has 4 heteroatoms. The molecule has 11 aromatic rings. The van der Waals surface area contributed by atoms with Crippen LogP contribution in [0, 0.1) is 0 Å². The van der Waals surface area contributed by atoms with E-state index in [1.54, 1.807) is 0 Å². The van der Waals surface area contributed by atoms with Gasteiger partial charge in [0.2, 0.25) is 0 Å². The highest BCUT2D eigenvalue weighted by Gasteiger charge is 2.36. The highest BCUT2D eigenvalue weighted by atomic mass is 16.5. The molecule has 3 aliphatic carbocycles. The monoisotopic (exact) mass is 942 g/mol. The Balaban J connectivity index is 0.813. The first-order chi connectivity index (χ1) is 35.9. The van der Waals surface area contributed by atoms with Crippen molar-refractivity contribution in [2.75, 3.05) is 4.90 Å². The maximum absolute atomic E-state index is 6.56. The van der Waals surface area contributed by atoms with Crippen LogP contribution < -0.4 is 4.90 Å². The summed E-state index contributed by atoms with van der Waals surface area (Å²) in [6, 6.07) is 84.7. The summed E-state index contributed by atoms with van der Waals surface area (Å²) in [6.07, 6.45) is 2.26. The number of aromatic nitrogens is 1. The number of rotatable bonds is 12. The highest BCUT2D eigenvalue weighted by Crippen LogP contribution is 2.51. The van der Waals surface area contributed by atoms with E-state index in [1.165, 1.54) is 94.1 Å². The summed E-state index contributed by atoms with van der Waals surface area (Å²) in [5.74, 6) is 0. The summed E-state index contributed by atoms with van der Waals surface area (Å²) in [6.45, 7) is 5.86. The van der Waals surface area contributed by atoms with Crippen LogP contribution in [-0.4, -0.2) is 4.57 Å². The van der Waals surface area contributed by atoms with Crippen LogP contribution in [-0.2, 0) is 40.9 Å². The van der Waals surface area contributed by atoms with E-state index in [9.17, 15) is 0 Å². The van der Waals surface area contributed by atoms with Crippen molar-refractivity contribution in [3.05, 3.63) is 275 Å². The Bertz CT molecular complexity index is 3890. The van der Waals surface area contributed by atoms with Crippen LogP contribution in [0.25, 0.3) is 60.9 Å². The lowest BCUT2D eigenvalue weighted by Gasteiger charge is -2.30. The molecule has 0 N–H and O–H groups in total. The molecule has 0 aliphatic heterocycles. The second kappa shape index (κ2) is 17.5. The van der Waals surface area contributed by atoms with E-state index in [2.05, 4.69) is 254 Å². The Morgan fingerprint density at radius 1 is 0.425 bits per heavy atom.